The van der Waals surface area contributed by atoms with Crippen LogP contribution >= 0.6 is 28.4 Å². The van der Waals surface area contributed by atoms with Crippen LogP contribution in [0.1, 0.15) is 41.4 Å². The van der Waals surface area contributed by atoms with Crippen LogP contribution in [-0.4, -0.2) is 30.2 Å². The van der Waals surface area contributed by atoms with Crippen LogP contribution in [0.15, 0.2) is 79.0 Å². The van der Waals surface area contributed by atoms with Crippen LogP contribution in [0.4, 0.5) is 0 Å². The molecule has 0 saturated heterocycles. The van der Waals surface area contributed by atoms with Gasteiger partial charge in [0.1, 0.15) is 0 Å². The average molecular weight is 576 g/mol. The molecule has 1 atom stereocenters. The number of nitrogens with zero attached hydrogens (tertiary/aromatic N) is 5. The topological polar surface area (TPSA) is 72.3 Å². The van der Waals surface area contributed by atoms with Crippen molar-refractivity contribution in [3.8, 4) is 0 Å². The maximum Gasteiger partial charge on any atom is 0.197 e. The van der Waals surface area contributed by atoms with Crippen LogP contribution in [0.5, 0.6) is 0 Å². The smallest absolute Gasteiger partial charge is 0.197 e. The molecule has 5 aromatic rings. The van der Waals surface area contributed by atoms with Crippen LogP contribution in [-0.2, 0) is 0 Å². The lowest BCUT2D eigenvalue weighted by molar-refractivity contribution is 0.881. The maximum absolute atomic E-state index is 4.54. The normalized spacial score (nSPS) is 12.8. The summed E-state index contributed by atoms with van der Waals surface area (Å²) in [6.45, 7) is 2.22. The Bertz CT molecular complexity index is 1450. The third kappa shape index (κ3) is 4.72. The number of H-pyrrole nitrogens is 1. The quantitative estimate of drug-likeness (QED) is 0.130. The van der Waals surface area contributed by atoms with E-state index < -0.39 is 0 Å². The number of hydrogen-bond donors (Lipinski definition) is 1. The van der Waals surface area contributed by atoms with Crippen LogP contribution in [0, 0.1) is 0 Å². The monoisotopic (exact) mass is 576 g/mol. The molecular formula is C26H22IN6P. The fraction of sp³-hybridized carbons (Fsp3) is 0.0769. The third-order valence-corrected chi connectivity index (χ3v) is 7.59. The molecule has 0 amide bonds. The Hall–Kier alpha value is -3.16. The summed E-state index contributed by atoms with van der Waals surface area (Å²) in [5.41, 5.74) is 8.42. The second-order valence-corrected chi connectivity index (χ2v) is 9.75. The lowest BCUT2D eigenvalue weighted by Gasteiger charge is -2.17. The Balaban J connectivity index is 1.62. The number of allylic oxidation sites excluding steroid dienone is 1. The molecule has 2 heterocycles. The first kappa shape index (κ1) is 22.6. The summed E-state index contributed by atoms with van der Waals surface area (Å²) in [5, 5.41) is 19.7. The van der Waals surface area contributed by atoms with Gasteiger partial charge >= 0.3 is 0 Å². The summed E-state index contributed by atoms with van der Waals surface area (Å²) in [4.78, 5) is 0. The maximum atomic E-state index is 4.54. The van der Waals surface area contributed by atoms with Gasteiger partial charge in [0, 0.05) is 5.39 Å². The first-order chi connectivity index (χ1) is 16.8. The zero-order valence-corrected chi connectivity index (χ0v) is 21.6. The molecule has 1 unspecified atom stereocenters. The fourth-order valence-corrected chi connectivity index (χ4v) is 5.66. The minimum absolute atomic E-state index is 0.558. The van der Waals surface area contributed by atoms with Crippen molar-refractivity contribution in [2.45, 2.75) is 13.3 Å². The molecule has 6 nitrogen and oxygen atoms in total. The molecule has 0 aliphatic carbocycles. The Morgan fingerprint density at radius 2 is 1.76 bits per heavy atom. The van der Waals surface area contributed by atoms with E-state index in [9.17, 15) is 0 Å². The highest BCUT2D eigenvalue weighted by Gasteiger charge is 2.14. The molecule has 0 aliphatic rings. The molecule has 0 radical (unpaired) electrons. The number of hydrogen-bond acceptors (Lipinski definition) is 4. The number of rotatable bonds is 7. The minimum Gasteiger partial charge on any atom is -0.237 e. The zero-order valence-electron chi connectivity index (χ0n) is 18.5. The van der Waals surface area contributed by atoms with E-state index in [4.69, 9.17) is 0 Å². The molecule has 1 N–H and O–H groups in total. The molecular weight excluding hydrogens is 554 g/mol. The van der Waals surface area contributed by atoms with Crippen molar-refractivity contribution in [1.29, 1.82) is 0 Å². The Kier molecular flexibility index (Phi) is 6.92. The molecule has 3 aromatic carbocycles. The minimum atomic E-state index is 0.558. The lowest BCUT2D eigenvalue weighted by atomic mass is 9.87. The van der Waals surface area contributed by atoms with Gasteiger partial charge in [-0.3, -0.25) is 0 Å². The summed E-state index contributed by atoms with van der Waals surface area (Å²) in [6.07, 6.45) is 7.29. The van der Waals surface area contributed by atoms with Crippen molar-refractivity contribution < 1.29 is 0 Å². The average Bonchev–Trinajstić information content (AvgIpc) is 3.56. The van der Waals surface area contributed by atoms with Crippen LogP contribution < -0.4 is 0 Å². The van der Waals surface area contributed by atoms with Crippen molar-refractivity contribution in [3.63, 3.8) is 0 Å². The molecule has 0 bridgehead atoms. The number of tetrazole rings is 1. The highest BCUT2D eigenvalue weighted by molar-refractivity contribution is 14.2. The summed E-state index contributed by atoms with van der Waals surface area (Å²) in [7, 11) is 0. The predicted molar refractivity (Wildman–Crippen MR) is 150 cm³/mol. The molecule has 0 spiro atoms. The molecule has 2 aromatic heterocycles. The number of fused-ring (bicyclic) bond motifs is 1. The van der Waals surface area contributed by atoms with Crippen molar-refractivity contribution in [2.24, 2.45) is 0 Å². The van der Waals surface area contributed by atoms with Gasteiger partial charge in [-0.15, -0.1) is 10.2 Å². The summed E-state index contributed by atoms with van der Waals surface area (Å²) in [5.74, 6) is 0.558. The van der Waals surface area contributed by atoms with Crippen LogP contribution in [0.2, 0.25) is 0 Å². The number of benzene rings is 3. The lowest BCUT2D eigenvalue weighted by Crippen LogP contribution is -1.95. The van der Waals surface area contributed by atoms with Gasteiger partial charge in [0.2, 0.25) is 0 Å². The van der Waals surface area contributed by atoms with Gasteiger partial charge in [-0.25, -0.2) is 4.45 Å². The van der Waals surface area contributed by atoms with Gasteiger partial charge in [0.25, 0.3) is 0 Å². The van der Waals surface area contributed by atoms with Crippen LogP contribution in [0.3, 0.4) is 0 Å². The standard InChI is InChI=1S/C26H22IN6P/c1-2-23(19-6-4-3-5-7-19)26(21-13-14-24-22(16-21)17-28-33(24)34-27)20-11-8-18(9-12-20)10-15-25-29-31-32-30-25/h3-17,34H,2H2,1H3,(H,29,30,31,32)/b15-10+,26-23+. The Morgan fingerprint density at radius 3 is 2.47 bits per heavy atom. The second-order valence-electron chi connectivity index (χ2n) is 7.71. The van der Waals surface area contributed by atoms with Gasteiger partial charge < -0.3 is 0 Å². The van der Waals surface area contributed by atoms with E-state index in [1.165, 1.54) is 27.8 Å². The van der Waals surface area contributed by atoms with Gasteiger partial charge in [0.05, 0.1) is 18.1 Å². The van der Waals surface area contributed by atoms with E-state index in [1.54, 1.807) is 0 Å². The van der Waals surface area contributed by atoms with Crippen molar-refractivity contribution in [1.82, 2.24) is 30.2 Å². The second kappa shape index (κ2) is 10.4. The van der Waals surface area contributed by atoms with Crippen molar-refractivity contribution >= 4 is 62.6 Å². The van der Waals surface area contributed by atoms with E-state index >= 15 is 0 Å². The third-order valence-electron chi connectivity index (χ3n) is 5.70. The predicted octanol–water partition coefficient (Wildman–Crippen LogP) is 6.88. The highest BCUT2D eigenvalue weighted by atomic mass is 127. The highest BCUT2D eigenvalue weighted by Crippen LogP contribution is 2.37. The molecule has 0 saturated carbocycles. The largest absolute Gasteiger partial charge is 0.237 e. The zero-order chi connectivity index (χ0) is 23.3. The molecule has 34 heavy (non-hydrogen) atoms. The Labute approximate surface area is 212 Å². The first-order valence-corrected chi connectivity index (χ1v) is 15.0. The number of aromatic nitrogens is 6. The summed E-state index contributed by atoms with van der Waals surface area (Å²) < 4.78 is 2.05. The molecule has 5 rings (SSSR count). The van der Waals surface area contributed by atoms with Gasteiger partial charge in [-0.1, -0.05) is 73.7 Å². The van der Waals surface area contributed by atoms with Crippen molar-refractivity contribution in [3.05, 3.63) is 107 Å². The van der Waals surface area contributed by atoms with E-state index in [0.717, 1.165) is 22.9 Å². The SMILES string of the molecule is CC/C(=C(/c1ccc(/C=C/c2nn[nH]n2)cc1)c1ccc2c(cnn2PI)c1)c1ccccc1. The fourth-order valence-electron chi connectivity index (χ4n) is 4.11. The van der Waals surface area contributed by atoms with E-state index in [1.807, 2.05) is 22.8 Å². The number of aromatic amines is 1. The Morgan fingerprint density at radius 1 is 0.971 bits per heavy atom. The summed E-state index contributed by atoms with van der Waals surface area (Å²) in [6, 6.07) is 25.9. The molecule has 0 aliphatic heterocycles. The van der Waals surface area contributed by atoms with Crippen LogP contribution in [0.25, 0.3) is 34.2 Å². The molecule has 0 fully saturated rings. The van der Waals surface area contributed by atoms with Gasteiger partial charge in [-0.05, 0) is 85.3 Å². The molecule has 168 valence electrons. The van der Waals surface area contributed by atoms with E-state index in [0.29, 0.717) is 12.2 Å². The van der Waals surface area contributed by atoms with E-state index in [-0.39, 0.29) is 0 Å². The van der Waals surface area contributed by atoms with E-state index in [2.05, 4.69) is 127 Å². The van der Waals surface area contributed by atoms with Gasteiger partial charge in [0.15, 0.2) is 5.82 Å². The first-order valence-electron chi connectivity index (χ1n) is 10.9. The van der Waals surface area contributed by atoms with Gasteiger partial charge in [-0.2, -0.15) is 10.3 Å². The number of halogens is 1. The molecule has 8 heteroatoms. The number of nitrogens with one attached hydrogen (secondary N) is 1. The van der Waals surface area contributed by atoms with Crippen molar-refractivity contribution in [2.75, 3.05) is 0 Å². The summed E-state index contributed by atoms with van der Waals surface area (Å²) >= 11 is 2.37.